The summed E-state index contributed by atoms with van der Waals surface area (Å²) >= 11 is 3.54. The Bertz CT molecular complexity index is 371. The first kappa shape index (κ1) is 14.4. The highest BCUT2D eigenvalue weighted by Gasteiger charge is 2.15. The standard InChI is InChI=1S/C12H20BrN3O/c1-5-7-9-10(13)12(14-4)16-11(15-9)8(3)17-6-2/h8H,5-7H2,1-4H3,(H,14,15,16). The SMILES string of the molecule is CCCc1nc(C(C)OCC)nc(NC)c1Br. The average Bonchev–Trinajstić information content (AvgIpc) is 2.32. The number of rotatable bonds is 6. The number of nitrogens with zero attached hydrogens (tertiary/aromatic N) is 2. The zero-order valence-corrected chi connectivity index (χ0v) is 12.5. The number of halogens is 1. The van der Waals surface area contributed by atoms with Crippen molar-refractivity contribution in [2.45, 2.75) is 39.7 Å². The number of anilines is 1. The summed E-state index contributed by atoms with van der Waals surface area (Å²) in [6, 6.07) is 0. The predicted octanol–water partition coefficient (Wildman–Crippen LogP) is 3.33. The summed E-state index contributed by atoms with van der Waals surface area (Å²) < 4.78 is 6.49. The van der Waals surface area contributed by atoms with E-state index in [2.05, 4.69) is 38.1 Å². The van der Waals surface area contributed by atoms with E-state index in [9.17, 15) is 0 Å². The van der Waals surface area contributed by atoms with Crippen molar-refractivity contribution in [1.29, 1.82) is 0 Å². The van der Waals surface area contributed by atoms with Crippen LogP contribution >= 0.6 is 15.9 Å². The van der Waals surface area contributed by atoms with Gasteiger partial charge in [-0.3, -0.25) is 0 Å². The van der Waals surface area contributed by atoms with Gasteiger partial charge in [-0.2, -0.15) is 0 Å². The Morgan fingerprint density at radius 3 is 2.59 bits per heavy atom. The third kappa shape index (κ3) is 3.64. The number of aryl methyl sites for hydroxylation is 1. The van der Waals surface area contributed by atoms with Crippen molar-refractivity contribution in [3.63, 3.8) is 0 Å². The second-order valence-electron chi connectivity index (χ2n) is 3.79. The minimum Gasteiger partial charge on any atom is -0.372 e. The van der Waals surface area contributed by atoms with Gasteiger partial charge in [0.1, 0.15) is 11.9 Å². The molecule has 1 heterocycles. The lowest BCUT2D eigenvalue weighted by Crippen LogP contribution is -2.10. The molecular weight excluding hydrogens is 282 g/mol. The molecule has 1 aromatic heterocycles. The molecule has 0 fully saturated rings. The molecule has 0 aliphatic carbocycles. The summed E-state index contributed by atoms with van der Waals surface area (Å²) in [7, 11) is 1.86. The molecule has 96 valence electrons. The molecule has 0 aromatic carbocycles. The first-order chi connectivity index (χ1) is 8.13. The summed E-state index contributed by atoms with van der Waals surface area (Å²) in [5, 5.41) is 3.08. The zero-order chi connectivity index (χ0) is 12.8. The van der Waals surface area contributed by atoms with Gasteiger partial charge in [0.15, 0.2) is 5.82 Å². The molecule has 0 saturated carbocycles. The van der Waals surface area contributed by atoms with Crippen LogP contribution in [0.5, 0.6) is 0 Å². The van der Waals surface area contributed by atoms with E-state index in [0.717, 1.165) is 34.7 Å². The first-order valence-electron chi connectivity index (χ1n) is 5.99. The second kappa shape index (κ2) is 6.91. The lowest BCUT2D eigenvalue weighted by atomic mass is 10.2. The van der Waals surface area contributed by atoms with Gasteiger partial charge in [-0.25, -0.2) is 9.97 Å². The van der Waals surface area contributed by atoms with Crippen LogP contribution in [0.1, 0.15) is 44.8 Å². The molecule has 17 heavy (non-hydrogen) atoms. The van der Waals surface area contributed by atoms with E-state index in [0.29, 0.717) is 6.61 Å². The number of nitrogens with one attached hydrogen (secondary N) is 1. The Morgan fingerprint density at radius 2 is 2.06 bits per heavy atom. The highest BCUT2D eigenvalue weighted by atomic mass is 79.9. The third-order valence-electron chi connectivity index (χ3n) is 2.44. The minimum absolute atomic E-state index is 0.0733. The van der Waals surface area contributed by atoms with Crippen LogP contribution in [0.4, 0.5) is 5.82 Å². The Kier molecular flexibility index (Phi) is 5.85. The highest BCUT2D eigenvalue weighted by Crippen LogP contribution is 2.26. The molecule has 1 N–H and O–H groups in total. The van der Waals surface area contributed by atoms with Crippen molar-refractivity contribution >= 4 is 21.7 Å². The van der Waals surface area contributed by atoms with Gasteiger partial charge in [0, 0.05) is 13.7 Å². The van der Waals surface area contributed by atoms with Gasteiger partial charge in [0.25, 0.3) is 0 Å². The van der Waals surface area contributed by atoms with Gasteiger partial charge in [0.2, 0.25) is 0 Å². The molecule has 0 aliphatic rings. The monoisotopic (exact) mass is 301 g/mol. The van der Waals surface area contributed by atoms with Crippen LogP contribution in [0.3, 0.4) is 0 Å². The topological polar surface area (TPSA) is 47.0 Å². The quantitative estimate of drug-likeness (QED) is 0.875. The maximum Gasteiger partial charge on any atom is 0.159 e. The van der Waals surface area contributed by atoms with Crippen molar-refractivity contribution in [2.75, 3.05) is 19.0 Å². The lowest BCUT2D eigenvalue weighted by Gasteiger charge is -2.15. The van der Waals surface area contributed by atoms with Gasteiger partial charge in [-0.1, -0.05) is 13.3 Å². The Hall–Kier alpha value is -0.680. The van der Waals surface area contributed by atoms with Crippen LogP contribution < -0.4 is 5.32 Å². The normalized spacial score (nSPS) is 12.5. The second-order valence-corrected chi connectivity index (χ2v) is 4.58. The third-order valence-corrected chi connectivity index (χ3v) is 3.27. The Balaban J connectivity index is 3.10. The highest BCUT2D eigenvalue weighted by molar-refractivity contribution is 9.10. The van der Waals surface area contributed by atoms with Gasteiger partial charge < -0.3 is 10.1 Å². The zero-order valence-electron chi connectivity index (χ0n) is 10.9. The van der Waals surface area contributed by atoms with Crippen molar-refractivity contribution < 1.29 is 4.74 Å². The molecule has 0 saturated heterocycles. The molecule has 0 amide bonds. The van der Waals surface area contributed by atoms with E-state index in [-0.39, 0.29) is 6.10 Å². The molecule has 0 radical (unpaired) electrons. The Morgan fingerprint density at radius 1 is 1.35 bits per heavy atom. The summed E-state index contributed by atoms with van der Waals surface area (Å²) in [4.78, 5) is 9.02. The number of aromatic nitrogens is 2. The fraction of sp³-hybridized carbons (Fsp3) is 0.667. The van der Waals surface area contributed by atoms with Crippen molar-refractivity contribution in [3.05, 3.63) is 16.0 Å². The van der Waals surface area contributed by atoms with Crippen LogP contribution in [0.2, 0.25) is 0 Å². The maximum absolute atomic E-state index is 5.53. The molecule has 0 spiro atoms. The largest absolute Gasteiger partial charge is 0.372 e. The molecule has 1 atom stereocenters. The molecule has 1 rings (SSSR count). The van der Waals surface area contributed by atoms with E-state index < -0.39 is 0 Å². The van der Waals surface area contributed by atoms with Crippen LogP contribution in [0, 0.1) is 0 Å². The van der Waals surface area contributed by atoms with E-state index in [4.69, 9.17) is 4.74 Å². The van der Waals surface area contributed by atoms with Crippen LogP contribution in [0.25, 0.3) is 0 Å². The van der Waals surface area contributed by atoms with Crippen LogP contribution in [-0.4, -0.2) is 23.6 Å². The van der Waals surface area contributed by atoms with Crippen LogP contribution in [0.15, 0.2) is 4.47 Å². The van der Waals surface area contributed by atoms with Gasteiger partial charge in [-0.05, 0) is 36.2 Å². The maximum atomic E-state index is 5.53. The van der Waals surface area contributed by atoms with Crippen molar-refractivity contribution in [2.24, 2.45) is 0 Å². The fourth-order valence-electron chi connectivity index (χ4n) is 1.59. The van der Waals surface area contributed by atoms with E-state index in [1.54, 1.807) is 0 Å². The smallest absolute Gasteiger partial charge is 0.159 e. The summed E-state index contributed by atoms with van der Waals surface area (Å²) in [5.74, 6) is 1.56. The predicted molar refractivity (Wildman–Crippen MR) is 73.3 cm³/mol. The average molecular weight is 302 g/mol. The molecule has 4 nitrogen and oxygen atoms in total. The van der Waals surface area contributed by atoms with Crippen LogP contribution in [-0.2, 0) is 11.2 Å². The minimum atomic E-state index is -0.0733. The summed E-state index contributed by atoms with van der Waals surface area (Å²) in [6.07, 6.45) is 1.92. The number of ether oxygens (including phenoxy) is 1. The fourth-order valence-corrected chi connectivity index (χ4v) is 2.16. The van der Waals surface area contributed by atoms with Gasteiger partial charge >= 0.3 is 0 Å². The molecule has 0 bridgehead atoms. The first-order valence-corrected chi connectivity index (χ1v) is 6.78. The number of hydrogen-bond donors (Lipinski definition) is 1. The van der Waals surface area contributed by atoms with E-state index in [1.165, 1.54) is 0 Å². The van der Waals surface area contributed by atoms with E-state index in [1.807, 2.05) is 20.9 Å². The summed E-state index contributed by atoms with van der Waals surface area (Å²) in [6.45, 7) is 6.75. The van der Waals surface area contributed by atoms with E-state index >= 15 is 0 Å². The molecule has 1 aromatic rings. The Labute approximate surface area is 111 Å². The molecule has 0 aliphatic heterocycles. The van der Waals surface area contributed by atoms with Gasteiger partial charge in [0.05, 0.1) is 10.2 Å². The lowest BCUT2D eigenvalue weighted by molar-refractivity contribution is 0.0699. The molecule has 5 heteroatoms. The molecule has 1 unspecified atom stereocenters. The summed E-state index contributed by atoms with van der Waals surface area (Å²) in [5.41, 5.74) is 1.04. The van der Waals surface area contributed by atoms with Crippen molar-refractivity contribution in [3.8, 4) is 0 Å². The molecular formula is C12H20BrN3O. The van der Waals surface area contributed by atoms with Crippen molar-refractivity contribution in [1.82, 2.24) is 9.97 Å². The number of hydrogen-bond acceptors (Lipinski definition) is 4. The van der Waals surface area contributed by atoms with Gasteiger partial charge in [-0.15, -0.1) is 0 Å².